The van der Waals surface area contributed by atoms with Gasteiger partial charge < -0.3 is 5.11 Å². The molecule has 22 heavy (non-hydrogen) atoms. The SMILES string of the molecule is N#Cc1ccc(C(=O)Nc2ncc(CC(F)(F)F)s2)cc1O. The molecule has 0 unspecified atom stereocenters. The normalized spacial score (nSPS) is 11.0. The number of amides is 1. The average Bonchev–Trinajstić information content (AvgIpc) is 2.83. The van der Waals surface area contributed by atoms with Gasteiger partial charge in [-0.2, -0.15) is 18.4 Å². The number of nitrogens with zero attached hydrogens (tertiary/aromatic N) is 2. The number of nitrogens with one attached hydrogen (secondary N) is 1. The van der Waals surface area contributed by atoms with Gasteiger partial charge in [-0.05, 0) is 18.2 Å². The van der Waals surface area contributed by atoms with Crippen LogP contribution in [0.4, 0.5) is 18.3 Å². The Morgan fingerprint density at radius 3 is 2.77 bits per heavy atom. The highest BCUT2D eigenvalue weighted by molar-refractivity contribution is 7.15. The summed E-state index contributed by atoms with van der Waals surface area (Å²) in [6.45, 7) is 0. The van der Waals surface area contributed by atoms with E-state index in [1.807, 2.05) is 0 Å². The first-order chi connectivity index (χ1) is 10.3. The molecule has 0 radical (unpaired) electrons. The smallest absolute Gasteiger partial charge is 0.393 e. The molecule has 0 atom stereocenters. The van der Waals surface area contributed by atoms with Gasteiger partial charge in [0.1, 0.15) is 11.8 Å². The van der Waals surface area contributed by atoms with E-state index < -0.39 is 18.5 Å². The van der Waals surface area contributed by atoms with Crippen molar-refractivity contribution < 1.29 is 23.1 Å². The van der Waals surface area contributed by atoms with Gasteiger partial charge >= 0.3 is 6.18 Å². The van der Waals surface area contributed by atoms with Gasteiger partial charge in [-0.15, -0.1) is 11.3 Å². The van der Waals surface area contributed by atoms with Crippen LogP contribution in [0.5, 0.6) is 5.75 Å². The summed E-state index contributed by atoms with van der Waals surface area (Å²) in [6.07, 6.45) is -4.41. The maximum atomic E-state index is 12.2. The molecule has 0 fully saturated rings. The molecule has 1 aromatic carbocycles. The zero-order chi connectivity index (χ0) is 16.3. The second kappa shape index (κ2) is 6.03. The molecule has 0 aliphatic heterocycles. The molecule has 2 aromatic rings. The Hall–Kier alpha value is -2.60. The molecule has 0 bridgehead atoms. The van der Waals surface area contributed by atoms with Crippen molar-refractivity contribution >= 4 is 22.4 Å². The van der Waals surface area contributed by atoms with E-state index in [2.05, 4.69) is 10.3 Å². The summed E-state index contributed by atoms with van der Waals surface area (Å²) < 4.78 is 36.7. The number of aromatic nitrogens is 1. The van der Waals surface area contributed by atoms with Crippen LogP contribution in [0, 0.1) is 11.3 Å². The molecule has 9 heteroatoms. The first-order valence-corrected chi connectivity index (χ1v) is 6.66. The molecule has 0 saturated heterocycles. The lowest BCUT2D eigenvalue weighted by Gasteiger charge is -2.03. The number of phenols is 1. The fourth-order valence-electron chi connectivity index (χ4n) is 1.58. The van der Waals surface area contributed by atoms with Crippen LogP contribution in [0.1, 0.15) is 20.8 Å². The van der Waals surface area contributed by atoms with E-state index in [1.54, 1.807) is 6.07 Å². The number of hydrogen-bond acceptors (Lipinski definition) is 5. The summed E-state index contributed by atoms with van der Waals surface area (Å²) in [5.74, 6) is -1.00. The number of carbonyl (C=O) groups excluding carboxylic acids is 1. The number of nitriles is 1. The highest BCUT2D eigenvalue weighted by Crippen LogP contribution is 2.27. The summed E-state index contributed by atoms with van der Waals surface area (Å²) >= 11 is 0.717. The summed E-state index contributed by atoms with van der Waals surface area (Å²) in [6, 6.07) is 5.42. The number of aromatic hydroxyl groups is 1. The number of phenolic OH excluding ortho intramolecular Hbond substituents is 1. The van der Waals surface area contributed by atoms with E-state index in [0.29, 0.717) is 11.3 Å². The van der Waals surface area contributed by atoms with Gasteiger partial charge in [0.05, 0.1) is 12.0 Å². The van der Waals surface area contributed by atoms with Gasteiger partial charge in [-0.25, -0.2) is 4.98 Å². The third-order valence-electron chi connectivity index (χ3n) is 2.53. The minimum Gasteiger partial charge on any atom is -0.507 e. The van der Waals surface area contributed by atoms with Crippen molar-refractivity contribution in [1.29, 1.82) is 5.26 Å². The van der Waals surface area contributed by atoms with E-state index in [9.17, 15) is 23.1 Å². The molecule has 0 spiro atoms. The van der Waals surface area contributed by atoms with Crippen LogP contribution >= 0.6 is 11.3 Å². The Morgan fingerprint density at radius 2 is 2.18 bits per heavy atom. The first-order valence-electron chi connectivity index (χ1n) is 5.84. The monoisotopic (exact) mass is 327 g/mol. The third kappa shape index (κ3) is 3.95. The summed E-state index contributed by atoms with van der Waals surface area (Å²) in [4.78, 5) is 15.6. The molecule has 0 aliphatic rings. The Morgan fingerprint density at radius 1 is 1.45 bits per heavy atom. The summed E-state index contributed by atoms with van der Waals surface area (Å²) in [5.41, 5.74) is 0.0716. The number of halogens is 3. The molecular formula is C13H8F3N3O2S. The first kappa shape index (κ1) is 15.8. The number of anilines is 1. The van der Waals surface area contributed by atoms with Crippen molar-refractivity contribution in [2.45, 2.75) is 12.6 Å². The van der Waals surface area contributed by atoms with Crippen LogP contribution in [0.3, 0.4) is 0 Å². The zero-order valence-corrected chi connectivity index (χ0v) is 11.6. The van der Waals surface area contributed by atoms with Gasteiger partial charge in [0.25, 0.3) is 5.91 Å². The molecule has 1 heterocycles. The van der Waals surface area contributed by atoms with Crippen LogP contribution in [-0.2, 0) is 6.42 Å². The predicted octanol–water partition coefficient (Wildman–Crippen LogP) is 3.08. The number of benzene rings is 1. The lowest BCUT2D eigenvalue weighted by molar-refractivity contribution is -0.126. The highest BCUT2D eigenvalue weighted by atomic mass is 32.1. The van der Waals surface area contributed by atoms with Crippen molar-refractivity contribution in [3.05, 3.63) is 40.4 Å². The quantitative estimate of drug-likeness (QED) is 0.907. The van der Waals surface area contributed by atoms with E-state index >= 15 is 0 Å². The van der Waals surface area contributed by atoms with Crippen LogP contribution in [0.2, 0.25) is 0 Å². The maximum Gasteiger partial charge on any atom is 0.393 e. The van der Waals surface area contributed by atoms with Gasteiger partial charge in [0.2, 0.25) is 0 Å². The molecule has 2 rings (SSSR count). The number of rotatable bonds is 3. The van der Waals surface area contributed by atoms with Gasteiger partial charge in [-0.3, -0.25) is 10.1 Å². The van der Waals surface area contributed by atoms with Crippen LogP contribution in [0.15, 0.2) is 24.4 Å². The van der Waals surface area contributed by atoms with Gasteiger partial charge in [0.15, 0.2) is 5.13 Å². The van der Waals surface area contributed by atoms with Crippen molar-refractivity contribution in [2.75, 3.05) is 5.32 Å². The minimum atomic E-state index is -4.34. The van der Waals surface area contributed by atoms with Crippen molar-refractivity contribution in [3.63, 3.8) is 0 Å². The minimum absolute atomic E-state index is 0.0123. The van der Waals surface area contributed by atoms with Crippen LogP contribution < -0.4 is 5.32 Å². The predicted molar refractivity (Wildman–Crippen MR) is 72.6 cm³/mol. The van der Waals surface area contributed by atoms with Crippen molar-refractivity contribution in [1.82, 2.24) is 4.98 Å². The number of thiazole rings is 1. The zero-order valence-electron chi connectivity index (χ0n) is 10.8. The fourth-order valence-corrected chi connectivity index (χ4v) is 2.42. The Balaban J connectivity index is 2.09. The largest absolute Gasteiger partial charge is 0.507 e. The average molecular weight is 327 g/mol. The molecule has 0 aliphatic carbocycles. The third-order valence-corrected chi connectivity index (χ3v) is 3.44. The Bertz CT molecular complexity index is 750. The highest BCUT2D eigenvalue weighted by Gasteiger charge is 2.28. The molecule has 1 amide bonds. The Kier molecular flexibility index (Phi) is 4.32. The van der Waals surface area contributed by atoms with E-state index in [0.717, 1.165) is 12.3 Å². The van der Waals surface area contributed by atoms with Gasteiger partial charge in [-0.1, -0.05) is 0 Å². The summed E-state index contributed by atoms with van der Waals surface area (Å²) in [5, 5.41) is 20.5. The van der Waals surface area contributed by atoms with Crippen LogP contribution in [-0.4, -0.2) is 22.2 Å². The molecule has 1 aromatic heterocycles. The van der Waals surface area contributed by atoms with Crippen molar-refractivity contribution in [3.8, 4) is 11.8 Å². The van der Waals surface area contributed by atoms with E-state index in [-0.39, 0.29) is 26.9 Å². The van der Waals surface area contributed by atoms with Gasteiger partial charge in [0, 0.05) is 16.6 Å². The molecule has 0 saturated carbocycles. The summed E-state index contributed by atoms with van der Waals surface area (Å²) in [7, 11) is 0. The number of carbonyl (C=O) groups is 1. The number of alkyl halides is 3. The molecule has 114 valence electrons. The lowest BCUT2D eigenvalue weighted by atomic mass is 10.1. The second-order valence-electron chi connectivity index (χ2n) is 4.22. The maximum absolute atomic E-state index is 12.2. The molecule has 2 N–H and O–H groups in total. The number of hydrogen-bond donors (Lipinski definition) is 2. The Labute approximate surface area is 126 Å². The molecule has 5 nitrogen and oxygen atoms in total. The van der Waals surface area contributed by atoms with Crippen LogP contribution in [0.25, 0.3) is 0 Å². The topological polar surface area (TPSA) is 86.0 Å². The fraction of sp³-hybridized carbons (Fsp3) is 0.154. The molecular weight excluding hydrogens is 319 g/mol. The van der Waals surface area contributed by atoms with E-state index in [1.165, 1.54) is 12.1 Å². The van der Waals surface area contributed by atoms with Crippen molar-refractivity contribution in [2.24, 2.45) is 0 Å². The standard InChI is InChI=1S/C13H8F3N3O2S/c14-13(15,16)4-9-6-18-12(22-9)19-11(21)7-1-2-8(5-17)10(20)3-7/h1-3,6,20H,4H2,(H,18,19,21). The van der Waals surface area contributed by atoms with E-state index in [4.69, 9.17) is 5.26 Å². The lowest BCUT2D eigenvalue weighted by Crippen LogP contribution is -2.11. The second-order valence-corrected chi connectivity index (χ2v) is 5.34.